The lowest BCUT2D eigenvalue weighted by Crippen LogP contribution is -2.07. The van der Waals surface area contributed by atoms with E-state index in [1.807, 2.05) is 26.8 Å². The summed E-state index contributed by atoms with van der Waals surface area (Å²) in [4.78, 5) is 0. The van der Waals surface area contributed by atoms with Crippen molar-refractivity contribution in [2.45, 2.75) is 27.3 Å². The van der Waals surface area contributed by atoms with E-state index < -0.39 is 0 Å². The fourth-order valence-electron chi connectivity index (χ4n) is 1.54. The van der Waals surface area contributed by atoms with E-state index in [4.69, 9.17) is 9.78 Å². The highest BCUT2D eigenvalue weighted by molar-refractivity contribution is 5.55. The van der Waals surface area contributed by atoms with Crippen LogP contribution in [-0.2, 0) is 6.54 Å². The minimum Gasteiger partial charge on any atom is -0.360 e. The van der Waals surface area contributed by atoms with Gasteiger partial charge in [0, 0.05) is 6.07 Å². The first-order valence-electron chi connectivity index (χ1n) is 5.52. The van der Waals surface area contributed by atoms with Gasteiger partial charge in [-0.15, -0.1) is 5.10 Å². The highest BCUT2D eigenvalue weighted by atomic mass is 16.5. The quantitative estimate of drug-likeness (QED) is 0.885. The Morgan fingerprint density at radius 2 is 2.11 bits per heavy atom. The summed E-state index contributed by atoms with van der Waals surface area (Å²) in [5.41, 5.74) is 2.92. The van der Waals surface area contributed by atoms with Crippen LogP contribution >= 0.6 is 0 Å². The van der Waals surface area contributed by atoms with Crippen molar-refractivity contribution in [3.8, 4) is 6.07 Å². The number of hydrogen-bond donors (Lipinski definition) is 1. The highest BCUT2D eigenvalue weighted by Gasteiger charge is 2.11. The van der Waals surface area contributed by atoms with Crippen molar-refractivity contribution in [2.24, 2.45) is 0 Å². The first-order valence-corrected chi connectivity index (χ1v) is 5.52. The molecule has 0 radical (unpaired) electrons. The van der Waals surface area contributed by atoms with Gasteiger partial charge in [0.05, 0.1) is 17.9 Å². The predicted molar refractivity (Wildman–Crippen MR) is 64.8 cm³/mol. The maximum absolute atomic E-state index is 9.13. The van der Waals surface area contributed by atoms with Gasteiger partial charge in [0.1, 0.15) is 11.6 Å². The van der Waals surface area contributed by atoms with Crippen molar-refractivity contribution in [1.29, 1.82) is 5.26 Å². The summed E-state index contributed by atoms with van der Waals surface area (Å²) >= 11 is 0. The Hall–Kier alpha value is -2.42. The van der Waals surface area contributed by atoms with Gasteiger partial charge < -0.3 is 9.84 Å². The summed E-state index contributed by atoms with van der Waals surface area (Å²) in [6, 6.07) is 3.96. The SMILES string of the molecule is Cc1cc(CNc2nnc(C)c(C)c2C#N)on1. The average molecular weight is 243 g/mol. The molecule has 0 aliphatic heterocycles. The summed E-state index contributed by atoms with van der Waals surface area (Å²) in [6.07, 6.45) is 0. The molecule has 2 heterocycles. The molecule has 0 aliphatic rings. The second kappa shape index (κ2) is 4.84. The lowest BCUT2D eigenvalue weighted by Gasteiger charge is -2.07. The zero-order valence-corrected chi connectivity index (χ0v) is 10.5. The molecule has 2 aromatic rings. The number of nitriles is 1. The fourth-order valence-corrected chi connectivity index (χ4v) is 1.54. The molecule has 0 fully saturated rings. The average Bonchev–Trinajstić information content (AvgIpc) is 2.77. The van der Waals surface area contributed by atoms with Crippen molar-refractivity contribution in [3.05, 3.63) is 34.3 Å². The number of aromatic nitrogens is 3. The molecule has 2 aromatic heterocycles. The molecule has 0 aromatic carbocycles. The molecule has 1 N–H and O–H groups in total. The Balaban J connectivity index is 2.20. The van der Waals surface area contributed by atoms with E-state index in [1.165, 1.54) is 0 Å². The molecule has 0 spiro atoms. The standard InChI is InChI=1S/C12H13N5O/c1-7-4-10(18-17-7)6-14-12-11(5-13)8(2)9(3)15-16-12/h4H,6H2,1-3H3,(H,14,16). The lowest BCUT2D eigenvalue weighted by atomic mass is 10.1. The van der Waals surface area contributed by atoms with Crippen molar-refractivity contribution < 1.29 is 4.52 Å². The lowest BCUT2D eigenvalue weighted by molar-refractivity contribution is 0.384. The molecule has 0 amide bonds. The molecular formula is C12H13N5O. The number of nitrogens with zero attached hydrogens (tertiary/aromatic N) is 4. The Kier molecular flexibility index (Phi) is 3.24. The van der Waals surface area contributed by atoms with Crippen molar-refractivity contribution >= 4 is 5.82 Å². The smallest absolute Gasteiger partial charge is 0.167 e. The Bertz CT molecular complexity index is 611. The molecular weight excluding hydrogens is 230 g/mol. The van der Waals surface area contributed by atoms with E-state index in [9.17, 15) is 0 Å². The van der Waals surface area contributed by atoms with Crippen LogP contribution in [-0.4, -0.2) is 15.4 Å². The third kappa shape index (κ3) is 2.30. The summed E-state index contributed by atoms with van der Waals surface area (Å²) in [5, 5.41) is 23.9. The van der Waals surface area contributed by atoms with Crippen LogP contribution in [0, 0.1) is 32.1 Å². The maximum Gasteiger partial charge on any atom is 0.167 e. The summed E-state index contributed by atoms with van der Waals surface area (Å²) in [6.45, 7) is 5.95. The number of anilines is 1. The van der Waals surface area contributed by atoms with Crippen LogP contribution < -0.4 is 5.32 Å². The van der Waals surface area contributed by atoms with E-state index in [0.717, 1.165) is 17.0 Å². The normalized spacial score (nSPS) is 10.1. The van der Waals surface area contributed by atoms with E-state index in [2.05, 4.69) is 26.7 Å². The summed E-state index contributed by atoms with van der Waals surface area (Å²) in [7, 11) is 0. The van der Waals surface area contributed by atoms with Crippen molar-refractivity contribution in [2.75, 3.05) is 5.32 Å². The topological polar surface area (TPSA) is 87.6 Å². The Morgan fingerprint density at radius 1 is 1.33 bits per heavy atom. The van der Waals surface area contributed by atoms with Gasteiger partial charge in [0.15, 0.2) is 11.6 Å². The number of aryl methyl sites for hydroxylation is 2. The molecule has 92 valence electrons. The molecule has 0 atom stereocenters. The fraction of sp³-hybridized carbons (Fsp3) is 0.333. The van der Waals surface area contributed by atoms with Crippen molar-refractivity contribution in [3.63, 3.8) is 0 Å². The summed E-state index contributed by atoms with van der Waals surface area (Å²) < 4.78 is 5.07. The first-order chi connectivity index (χ1) is 8.61. The van der Waals surface area contributed by atoms with E-state index in [-0.39, 0.29) is 0 Å². The Morgan fingerprint density at radius 3 is 2.72 bits per heavy atom. The van der Waals surface area contributed by atoms with Gasteiger partial charge in [0.25, 0.3) is 0 Å². The third-order valence-corrected chi connectivity index (χ3v) is 2.67. The van der Waals surface area contributed by atoms with Crippen molar-refractivity contribution in [1.82, 2.24) is 15.4 Å². The minimum atomic E-state index is 0.423. The molecule has 0 saturated heterocycles. The van der Waals surface area contributed by atoms with Crippen LogP contribution in [0.5, 0.6) is 0 Å². The van der Waals surface area contributed by atoms with Gasteiger partial charge in [-0.05, 0) is 26.3 Å². The first kappa shape index (κ1) is 12.0. The highest BCUT2D eigenvalue weighted by Crippen LogP contribution is 2.17. The molecule has 0 unspecified atom stereocenters. The number of hydrogen-bond acceptors (Lipinski definition) is 6. The third-order valence-electron chi connectivity index (χ3n) is 2.67. The van der Waals surface area contributed by atoms with Gasteiger partial charge in [-0.2, -0.15) is 10.4 Å². The van der Waals surface area contributed by atoms with Crippen LogP contribution in [0.2, 0.25) is 0 Å². The number of rotatable bonds is 3. The zero-order chi connectivity index (χ0) is 13.1. The molecule has 6 nitrogen and oxygen atoms in total. The maximum atomic E-state index is 9.13. The molecule has 18 heavy (non-hydrogen) atoms. The molecule has 6 heteroatoms. The predicted octanol–water partition coefficient (Wildman–Crippen LogP) is 1.87. The van der Waals surface area contributed by atoms with Crippen LogP contribution in [0.4, 0.5) is 5.82 Å². The van der Waals surface area contributed by atoms with Crippen LogP contribution in [0.25, 0.3) is 0 Å². The Labute approximate surface area is 105 Å². The molecule has 0 bridgehead atoms. The molecule has 2 rings (SSSR count). The van der Waals surface area contributed by atoms with Gasteiger partial charge in [-0.25, -0.2) is 0 Å². The van der Waals surface area contributed by atoms with E-state index >= 15 is 0 Å². The number of nitrogens with one attached hydrogen (secondary N) is 1. The monoisotopic (exact) mass is 243 g/mol. The van der Waals surface area contributed by atoms with Crippen LogP contribution in [0.1, 0.15) is 28.3 Å². The van der Waals surface area contributed by atoms with Gasteiger partial charge in [-0.1, -0.05) is 5.16 Å². The van der Waals surface area contributed by atoms with E-state index in [0.29, 0.717) is 23.7 Å². The largest absolute Gasteiger partial charge is 0.360 e. The van der Waals surface area contributed by atoms with Crippen LogP contribution in [0.3, 0.4) is 0 Å². The van der Waals surface area contributed by atoms with E-state index in [1.54, 1.807) is 0 Å². The van der Waals surface area contributed by atoms with Gasteiger partial charge in [-0.3, -0.25) is 0 Å². The van der Waals surface area contributed by atoms with Gasteiger partial charge >= 0.3 is 0 Å². The second-order valence-electron chi connectivity index (χ2n) is 4.03. The molecule has 0 saturated carbocycles. The second-order valence-corrected chi connectivity index (χ2v) is 4.03. The van der Waals surface area contributed by atoms with Gasteiger partial charge in [0.2, 0.25) is 0 Å². The summed E-state index contributed by atoms with van der Waals surface area (Å²) in [5.74, 6) is 1.16. The zero-order valence-electron chi connectivity index (χ0n) is 10.5. The van der Waals surface area contributed by atoms with Crippen LogP contribution in [0.15, 0.2) is 10.6 Å². The molecule has 0 aliphatic carbocycles. The minimum absolute atomic E-state index is 0.423.